The molecule has 0 radical (unpaired) electrons. The van der Waals surface area contributed by atoms with E-state index in [9.17, 15) is 4.79 Å². The van der Waals surface area contributed by atoms with Gasteiger partial charge in [0.1, 0.15) is 0 Å². The van der Waals surface area contributed by atoms with Crippen LogP contribution in [0.4, 0.5) is 0 Å². The number of hydrogen-bond acceptors (Lipinski definition) is 6. The fourth-order valence-electron chi connectivity index (χ4n) is 2.73. The molecular formula is C15H18N4O2S. The van der Waals surface area contributed by atoms with Crippen LogP contribution in [-0.4, -0.2) is 52.0 Å². The lowest BCUT2D eigenvalue weighted by molar-refractivity contribution is -0.134. The molecule has 0 N–H and O–H groups in total. The van der Waals surface area contributed by atoms with Crippen molar-refractivity contribution in [1.29, 1.82) is 0 Å². The molecule has 4 rings (SSSR count). The van der Waals surface area contributed by atoms with Crippen molar-refractivity contribution in [2.75, 3.05) is 26.2 Å². The van der Waals surface area contributed by atoms with Gasteiger partial charge in [0.15, 0.2) is 5.82 Å². The van der Waals surface area contributed by atoms with Gasteiger partial charge < -0.3 is 9.42 Å². The first kappa shape index (κ1) is 13.9. The van der Waals surface area contributed by atoms with Gasteiger partial charge in [0, 0.05) is 32.1 Å². The Morgan fingerprint density at radius 1 is 1.32 bits per heavy atom. The summed E-state index contributed by atoms with van der Waals surface area (Å²) in [6, 6.07) is 3.95. The number of thiophene rings is 1. The van der Waals surface area contributed by atoms with E-state index < -0.39 is 0 Å². The Labute approximate surface area is 132 Å². The molecule has 0 unspecified atom stereocenters. The predicted octanol–water partition coefficient (Wildman–Crippen LogP) is 1.85. The zero-order chi connectivity index (χ0) is 14.9. The van der Waals surface area contributed by atoms with Crippen LogP contribution in [0.3, 0.4) is 0 Å². The van der Waals surface area contributed by atoms with Gasteiger partial charge in [0.25, 0.3) is 5.89 Å². The summed E-state index contributed by atoms with van der Waals surface area (Å²) in [5.74, 6) is 1.97. The van der Waals surface area contributed by atoms with E-state index in [-0.39, 0.29) is 0 Å². The molecule has 2 aromatic heterocycles. The first-order valence-electron chi connectivity index (χ1n) is 7.67. The molecular weight excluding hydrogens is 300 g/mol. The summed E-state index contributed by atoms with van der Waals surface area (Å²) in [5, 5.41) is 6.05. The summed E-state index contributed by atoms with van der Waals surface area (Å²) in [6.07, 6.45) is 2.15. The maximum Gasteiger partial charge on any atom is 0.268 e. The zero-order valence-corrected chi connectivity index (χ0v) is 13.1. The van der Waals surface area contributed by atoms with Gasteiger partial charge in [0.2, 0.25) is 5.91 Å². The van der Waals surface area contributed by atoms with Crippen LogP contribution in [-0.2, 0) is 11.3 Å². The number of aromatic nitrogens is 2. The van der Waals surface area contributed by atoms with Crippen LogP contribution in [0.1, 0.15) is 18.7 Å². The van der Waals surface area contributed by atoms with Gasteiger partial charge in [-0.15, -0.1) is 11.3 Å². The first-order chi connectivity index (χ1) is 10.8. The topological polar surface area (TPSA) is 62.5 Å². The molecule has 116 valence electrons. The Bertz CT molecular complexity index is 642. The Morgan fingerprint density at radius 2 is 2.14 bits per heavy atom. The van der Waals surface area contributed by atoms with E-state index >= 15 is 0 Å². The second-order valence-electron chi connectivity index (χ2n) is 5.87. The minimum Gasteiger partial charge on any atom is -0.340 e. The van der Waals surface area contributed by atoms with Crippen LogP contribution in [0.5, 0.6) is 0 Å². The molecule has 1 amide bonds. The highest BCUT2D eigenvalue weighted by Crippen LogP contribution is 2.31. The fourth-order valence-corrected chi connectivity index (χ4v) is 3.38. The fraction of sp³-hybridized carbons (Fsp3) is 0.533. The van der Waals surface area contributed by atoms with Crippen molar-refractivity contribution in [2.24, 2.45) is 5.92 Å². The van der Waals surface area contributed by atoms with Crippen LogP contribution in [0, 0.1) is 5.92 Å². The van der Waals surface area contributed by atoms with Gasteiger partial charge in [-0.25, -0.2) is 0 Å². The Morgan fingerprint density at radius 3 is 2.82 bits per heavy atom. The molecule has 0 spiro atoms. The lowest BCUT2D eigenvalue weighted by Gasteiger charge is -2.34. The Balaban J connectivity index is 1.32. The standard InChI is InChI=1S/C15H18N4O2S/c20-15(11-3-4-11)19-7-5-18(6-8-19)10-13-16-14(21-17-13)12-2-1-9-22-12/h1-2,9,11H,3-8,10H2. The van der Waals surface area contributed by atoms with E-state index in [4.69, 9.17) is 4.52 Å². The maximum absolute atomic E-state index is 12.0. The summed E-state index contributed by atoms with van der Waals surface area (Å²) in [7, 11) is 0. The van der Waals surface area contributed by atoms with Crippen molar-refractivity contribution in [3.8, 4) is 10.8 Å². The zero-order valence-electron chi connectivity index (χ0n) is 12.3. The molecule has 22 heavy (non-hydrogen) atoms. The second-order valence-corrected chi connectivity index (χ2v) is 6.82. The minimum absolute atomic E-state index is 0.317. The third-order valence-corrected chi connectivity index (χ3v) is 5.03. The van der Waals surface area contributed by atoms with Crippen LogP contribution >= 0.6 is 11.3 Å². The molecule has 6 nitrogen and oxygen atoms in total. The highest BCUT2D eigenvalue weighted by molar-refractivity contribution is 7.13. The minimum atomic E-state index is 0.317. The van der Waals surface area contributed by atoms with Gasteiger partial charge in [0.05, 0.1) is 11.4 Å². The Hall–Kier alpha value is -1.73. The molecule has 1 saturated carbocycles. The van der Waals surface area contributed by atoms with Gasteiger partial charge in [-0.05, 0) is 24.3 Å². The van der Waals surface area contributed by atoms with E-state index in [1.54, 1.807) is 11.3 Å². The molecule has 2 aromatic rings. The SMILES string of the molecule is O=C(C1CC1)N1CCN(Cc2noc(-c3cccs3)n2)CC1. The number of hydrogen-bond donors (Lipinski definition) is 0. The van der Waals surface area contributed by atoms with Crippen LogP contribution in [0.2, 0.25) is 0 Å². The van der Waals surface area contributed by atoms with E-state index in [2.05, 4.69) is 15.0 Å². The molecule has 1 aliphatic heterocycles. The van der Waals surface area contributed by atoms with Crippen molar-refractivity contribution in [3.63, 3.8) is 0 Å². The third-order valence-electron chi connectivity index (χ3n) is 4.18. The molecule has 2 aliphatic rings. The molecule has 0 aromatic carbocycles. The normalized spacial score (nSPS) is 19.5. The molecule has 7 heteroatoms. The summed E-state index contributed by atoms with van der Waals surface area (Å²) < 4.78 is 5.31. The van der Waals surface area contributed by atoms with E-state index in [1.807, 2.05) is 22.4 Å². The highest BCUT2D eigenvalue weighted by Gasteiger charge is 2.34. The van der Waals surface area contributed by atoms with Crippen LogP contribution in [0.15, 0.2) is 22.0 Å². The number of carbonyl (C=O) groups is 1. The predicted molar refractivity (Wildman–Crippen MR) is 82.2 cm³/mol. The van der Waals surface area contributed by atoms with E-state index in [0.717, 1.165) is 43.9 Å². The van der Waals surface area contributed by atoms with Crippen molar-refractivity contribution < 1.29 is 9.32 Å². The van der Waals surface area contributed by atoms with Gasteiger partial charge in [-0.1, -0.05) is 11.2 Å². The monoisotopic (exact) mass is 318 g/mol. The summed E-state index contributed by atoms with van der Waals surface area (Å²) in [6.45, 7) is 4.05. The maximum atomic E-state index is 12.0. The molecule has 0 atom stereocenters. The Kier molecular flexibility index (Phi) is 3.67. The number of nitrogens with zero attached hydrogens (tertiary/aromatic N) is 4. The van der Waals surface area contributed by atoms with E-state index in [0.29, 0.717) is 30.1 Å². The van der Waals surface area contributed by atoms with Gasteiger partial charge >= 0.3 is 0 Å². The van der Waals surface area contributed by atoms with Crippen LogP contribution < -0.4 is 0 Å². The smallest absolute Gasteiger partial charge is 0.268 e. The number of amides is 1. The summed E-state index contributed by atoms with van der Waals surface area (Å²) >= 11 is 1.59. The second kappa shape index (κ2) is 5.81. The lowest BCUT2D eigenvalue weighted by atomic mass is 10.2. The summed E-state index contributed by atoms with van der Waals surface area (Å²) in [4.78, 5) is 21.8. The number of carbonyl (C=O) groups excluding carboxylic acids is 1. The highest BCUT2D eigenvalue weighted by atomic mass is 32.1. The van der Waals surface area contributed by atoms with Crippen molar-refractivity contribution >= 4 is 17.2 Å². The summed E-state index contributed by atoms with van der Waals surface area (Å²) in [5.41, 5.74) is 0. The van der Waals surface area contributed by atoms with Gasteiger partial charge in [-0.3, -0.25) is 9.69 Å². The van der Waals surface area contributed by atoms with Crippen molar-refractivity contribution in [1.82, 2.24) is 19.9 Å². The molecule has 1 aliphatic carbocycles. The number of rotatable bonds is 4. The largest absolute Gasteiger partial charge is 0.340 e. The third kappa shape index (κ3) is 2.91. The first-order valence-corrected chi connectivity index (χ1v) is 8.55. The lowest BCUT2D eigenvalue weighted by Crippen LogP contribution is -2.48. The molecule has 3 heterocycles. The average molecular weight is 318 g/mol. The van der Waals surface area contributed by atoms with Crippen molar-refractivity contribution in [3.05, 3.63) is 23.3 Å². The number of piperazine rings is 1. The van der Waals surface area contributed by atoms with E-state index in [1.165, 1.54) is 0 Å². The van der Waals surface area contributed by atoms with Gasteiger partial charge in [-0.2, -0.15) is 4.98 Å². The molecule has 2 fully saturated rings. The molecule has 0 bridgehead atoms. The quantitative estimate of drug-likeness (QED) is 0.861. The van der Waals surface area contributed by atoms with Crippen LogP contribution in [0.25, 0.3) is 10.8 Å². The molecule has 1 saturated heterocycles. The van der Waals surface area contributed by atoms with Crippen molar-refractivity contribution in [2.45, 2.75) is 19.4 Å². The average Bonchev–Trinajstić information content (AvgIpc) is 3.05.